The van der Waals surface area contributed by atoms with Crippen LogP contribution in [0.5, 0.6) is 0 Å². The number of hydrogen-bond donors (Lipinski definition) is 1. The third-order valence-corrected chi connectivity index (χ3v) is 4.70. The lowest BCUT2D eigenvalue weighted by Gasteiger charge is -2.25. The van der Waals surface area contributed by atoms with Crippen LogP contribution in [-0.2, 0) is 0 Å². The van der Waals surface area contributed by atoms with Crippen LogP contribution in [0.1, 0.15) is 41.6 Å². The maximum absolute atomic E-state index is 12.2. The molecule has 0 atom stereocenters. The van der Waals surface area contributed by atoms with Crippen molar-refractivity contribution in [3.63, 3.8) is 0 Å². The van der Waals surface area contributed by atoms with E-state index in [1.165, 1.54) is 0 Å². The second-order valence-electron chi connectivity index (χ2n) is 5.29. The Bertz CT molecular complexity index is 455. The fraction of sp³-hybridized carbons (Fsp3) is 0.533. The van der Waals surface area contributed by atoms with E-state index < -0.39 is 0 Å². The maximum atomic E-state index is 12.2. The Kier molecular flexibility index (Phi) is 5.28. The largest absolute Gasteiger partial charge is 0.352 e. The van der Waals surface area contributed by atoms with Gasteiger partial charge in [-0.05, 0) is 56.2 Å². The van der Waals surface area contributed by atoms with E-state index in [0.717, 1.165) is 47.8 Å². The van der Waals surface area contributed by atoms with E-state index in [1.54, 1.807) is 0 Å². The van der Waals surface area contributed by atoms with Crippen molar-refractivity contribution in [2.45, 2.75) is 38.0 Å². The summed E-state index contributed by atoms with van der Waals surface area (Å²) in [5.41, 5.74) is 1.76. The van der Waals surface area contributed by atoms with Crippen molar-refractivity contribution in [1.82, 2.24) is 5.32 Å². The predicted molar refractivity (Wildman–Crippen MR) is 82.8 cm³/mol. The van der Waals surface area contributed by atoms with E-state index in [0.29, 0.717) is 11.3 Å². The summed E-state index contributed by atoms with van der Waals surface area (Å²) in [5, 5.41) is 3.38. The molecule has 1 aromatic rings. The summed E-state index contributed by atoms with van der Waals surface area (Å²) in [5.74, 6) is 0.596. The molecule has 1 fully saturated rings. The average Bonchev–Trinajstić information content (AvgIpc) is 2.40. The third-order valence-electron chi connectivity index (χ3n) is 3.77. The van der Waals surface area contributed by atoms with Crippen LogP contribution in [0.15, 0.2) is 22.7 Å². The Balaban J connectivity index is 1.89. The van der Waals surface area contributed by atoms with Gasteiger partial charge in [0.1, 0.15) is 0 Å². The van der Waals surface area contributed by atoms with Crippen molar-refractivity contribution >= 4 is 33.4 Å². The van der Waals surface area contributed by atoms with Crippen LogP contribution in [0.4, 0.5) is 0 Å². The number of alkyl halides is 1. The van der Waals surface area contributed by atoms with Crippen LogP contribution < -0.4 is 5.32 Å². The Hall–Kier alpha value is -0.540. The molecule has 0 unspecified atom stereocenters. The topological polar surface area (TPSA) is 29.1 Å². The fourth-order valence-electron chi connectivity index (χ4n) is 2.50. The van der Waals surface area contributed by atoms with Crippen molar-refractivity contribution in [1.29, 1.82) is 0 Å². The number of halogens is 2. The van der Waals surface area contributed by atoms with Gasteiger partial charge in [0.25, 0.3) is 5.91 Å². The van der Waals surface area contributed by atoms with Crippen molar-refractivity contribution < 1.29 is 4.79 Å². The van der Waals surface area contributed by atoms with E-state index in [1.807, 2.05) is 25.1 Å². The first kappa shape index (κ1) is 14.9. The van der Waals surface area contributed by atoms with Gasteiger partial charge in [0.15, 0.2) is 0 Å². The minimum absolute atomic E-state index is 0.0202. The van der Waals surface area contributed by atoms with Gasteiger partial charge >= 0.3 is 0 Å². The molecule has 1 saturated carbocycles. The molecular weight excluding hydrogens is 326 g/mol. The van der Waals surface area contributed by atoms with Crippen molar-refractivity contribution in [3.05, 3.63) is 33.8 Å². The zero-order valence-electron chi connectivity index (χ0n) is 11.1. The quantitative estimate of drug-likeness (QED) is 0.815. The van der Waals surface area contributed by atoms with Gasteiger partial charge in [0.2, 0.25) is 0 Å². The molecule has 1 amide bonds. The summed E-state index contributed by atoms with van der Waals surface area (Å²) >= 11 is 9.49. The summed E-state index contributed by atoms with van der Waals surface area (Å²) in [6, 6.07) is 5.78. The highest BCUT2D eigenvalue weighted by Gasteiger charge is 2.20. The lowest BCUT2D eigenvalue weighted by Crippen LogP contribution is -2.31. The molecule has 104 valence electrons. The standard InChI is InChI=1S/C15H19BrClNO/c1-10-2-5-12(16)8-14(10)15(19)18-9-11-3-6-13(17)7-4-11/h2,5,8,11,13H,3-4,6-7,9H2,1H3,(H,18,19). The van der Waals surface area contributed by atoms with Gasteiger partial charge in [0.05, 0.1) is 0 Å². The van der Waals surface area contributed by atoms with Crippen molar-refractivity contribution in [2.75, 3.05) is 6.54 Å². The Labute approximate surface area is 128 Å². The summed E-state index contributed by atoms with van der Waals surface area (Å²) in [6.45, 7) is 2.72. The molecular formula is C15H19BrClNO. The molecule has 0 radical (unpaired) electrons. The van der Waals surface area contributed by atoms with Crippen LogP contribution >= 0.6 is 27.5 Å². The van der Waals surface area contributed by atoms with E-state index in [2.05, 4.69) is 21.2 Å². The zero-order valence-corrected chi connectivity index (χ0v) is 13.4. The first-order chi connectivity index (χ1) is 9.06. The monoisotopic (exact) mass is 343 g/mol. The van der Waals surface area contributed by atoms with Gasteiger partial charge in [-0.3, -0.25) is 4.79 Å². The Morgan fingerprint density at radius 3 is 2.74 bits per heavy atom. The molecule has 1 aromatic carbocycles. The molecule has 0 saturated heterocycles. The smallest absolute Gasteiger partial charge is 0.251 e. The molecule has 1 aliphatic carbocycles. The SMILES string of the molecule is Cc1ccc(Br)cc1C(=O)NCC1CCC(Cl)CC1. The van der Waals surface area contributed by atoms with Crippen molar-refractivity contribution in [2.24, 2.45) is 5.92 Å². The van der Waals surface area contributed by atoms with Crippen LogP contribution in [0.25, 0.3) is 0 Å². The number of hydrogen-bond acceptors (Lipinski definition) is 1. The molecule has 2 rings (SSSR count). The molecule has 2 nitrogen and oxygen atoms in total. The van der Waals surface area contributed by atoms with Gasteiger partial charge in [-0.2, -0.15) is 0 Å². The van der Waals surface area contributed by atoms with Crippen molar-refractivity contribution in [3.8, 4) is 0 Å². The number of carbonyl (C=O) groups excluding carboxylic acids is 1. The predicted octanol–water partition coefficient (Wildman–Crippen LogP) is 4.28. The van der Waals surface area contributed by atoms with Gasteiger partial charge < -0.3 is 5.32 Å². The summed E-state index contributed by atoms with van der Waals surface area (Å²) < 4.78 is 0.936. The summed E-state index contributed by atoms with van der Waals surface area (Å²) in [7, 11) is 0. The van der Waals surface area contributed by atoms with E-state index in [9.17, 15) is 4.79 Å². The Morgan fingerprint density at radius 2 is 2.05 bits per heavy atom. The average molecular weight is 345 g/mol. The van der Waals surface area contributed by atoms with Gasteiger partial charge in [-0.1, -0.05) is 22.0 Å². The minimum atomic E-state index is 0.0202. The molecule has 1 N–H and O–H groups in total. The molecule has 0 aliphatic heterocycles. The number of nitrogens with one attached hydrogen (secondary N) is 1. The normalized spacial score (nSPS) is 23.1. The highest BCUT2D eigenvalue weighted by atomic mass is 79.9. The minimum Gasteiger partial charge on any atom is -0.352 e. The molecule has 0 aromatic heterocycles. The molecule has 4 heteroatoms. The lowest BCUT2D eigenvalue weighted by atomic mass is 9.89. The lowest BCUT2D eigenvalue weighted by molar-refractivity contribution is 0.0943. The molecule has 19 heavy (non-hydrogen) atoms. The van der Waals surface area contributed by atoms with Gasteiger partial charge in [-0.25, -0.2) is 0 Å². The fourth-order valence-corrected chi connectivity index (χ4v) is 3.11. The summed E-state index contributed by atoms with van der Waals surface area (Å²) in [6.07, 6.45) is 4.37. The number of benzene rings is 1. The van der Waals surface area contributed by atoms with E-state index in [4.69, 9.17) is 11.6 Å². The second kappa shape index (κ2) is 6.76. The van der Waals surface area contributed by atoms with E-state index >= 15 is 0 Å². The number of rotatable bonds is 3. The van der Waals surface area contributed by atoms with E-state index in [-0.39, 0.29) is 5.91 Å². The van der Waals surface area contributed by atoms with Gasteiger partial charge in [-0.15, -0.1) is 11.6 Å². The molecule has 0 spiro atoms. The van der Waals surface area contributed by atoms with Crippen LogP contribution in [0.2, 0.25) is 0 Å². The first-order valence-corrected chi connectivity index (χ1v) is 7.97. The molecule has 1 aliphatic rings. The number of carbonyl (C=O) groups is 1. The highest BCUT2D eigenvalue weighted by molar-refractivity contribution is 9.10. The highest BCUT2D eigenvalue weighted by Crippen LogP contribution is 2.27. The van der Waals surface area contributed by atoms with Crippen LogP contribution in [-0.4, -0.2) is 17.8 Å². The maximum Gasteiger partial charge on any atom is 0.251 e. The first-order valence-electron chi connectivity index (χ1n) is 6.74. The number of amides is 1. The summed E-state index contributed by atoms with van der Waals surface area (Å²) in [4.78, 5) is 12.2. The molecule has 0 bridgehead atoms. The van der Waals surface area contributed by atoms with Crippen LogP contribution in [0, 0.1) is 12.8 Å². The van der Waals surface area contributed by atoms with Crippen LogP contribution in [0.3, 0.4) is 0 Å². The number of aryl methyl sites for hydroxylation is 1. The second-order valence-corrected chi connectivity index (χ2v) is 6.82. The van der Waals surface area contributed by atoms with Gasteiger partial charge in [0, 0.05) is 22.0 Å². The third kappa shape index (κ3) is 4.22. The molecule has 0 heterocycles. The Morgan fingerprint density at radius 1 is 1.37 bits per heavy atom. The zero-order chi connectivity index (χ0) is 13.8.